The van der Waals surface area contributed by atoms with Gasteiger partial charge in [0.15, 0.2) is 0 Å². The molecule has 1 amide bonds. The summed E-state index contributed by atoms with van der Waals surface area (Å²) < 4.78 is 30.1. The molecule has 0 saturated heterocycles. The van der Waals surface area contributed by atoms with Gasteiger partial charge < -0.3 is 9.73 Å². The normalized spacial score (nSPS) is 11.6. The van der Waals surface area contributed by atoms with Crippen LogP contribution in [0.1, 0.15) is 23.3 Å². The molecule has 0 radical (unpaired) electrons. The largest absolute Gasteiger partial charge is 0.468 e. The van der Waals surface area contributed by atoms with Gasteiger partial charge in [0.1, 0.15) is 5.76 Å². The molecule has 0 aliphatic carbocycles. The van der Waals surface area contributed by atoms with Crippen LogP contribution in [-0.2, 0) is 27.9 Å². The van der Waals surface area contributed by atoms with Crippen molar-refractivity contribution in [2.24, 2.45) is 0 Å². The molecule has 0 unspecified atom stereocenters. The zero-order chi connectivity index (χ0) is 17.6. The SMILES string of the molecule is Cc1ccccc1CNC(=O)CCN(Cc1ccco1)S(C)(=O)=O. The lowest BCUT2D eigenvalue weighted by atomic mass is 10.1. The summed E-state index contributed by atoms with van der Waals surface area (Å²) in [6.45, 7) is 2.65. The summed E-state index contributed by atoms with van der Waals surface area (Å²) in [5, 5.41) is 2.82. The Morgan fingerprint density at radius 3 is 2.58 bits per heavy atom. The van der Waals surface area contributed by atoms with Crippen LogP contribution in [0.25, 0.3) is 0 Å². The molecule has 0 aliphatic rings. The molecular weight excluding hydrogens is 328 g/mol. The molecule has 6 nitrogen and oxygen atoms in total. The summed E-state index contributed by atoms with van der Waals surface area (Å²) in [5.74, 6) is 0.354. The summed E-state index contributed by atoms with van der Waals surface area (Å²) in [6, 6.07) is 11.2. The average Bonchev–Trinajstić information content (AvgIpc) is 3.02. The number of hydrogen-bond donors (Lipinski definition) is 1. The van der Waals surface area contributed by atoms with Crippen molar-refractivity contribution in [3.8, 4) is 0 Å². The van der Waals surface area contributed by atoms with Crippen molar-refractivity contribution in [3.05, 3.63) is 59.5 Å². The summed E-state index contributed by atoms with van der Waals surface area (Å²) in [6.07, 6.45) is 2.71. The fraction of sp³-hybridized carbons (Fsp3) is 0.353. The first-order valence-electron chi connectivity index (χ1n) is 7.65. The number of carbonyl (C=O) groups is 1. The molecular formula is C17H22N2O4S. The number of rotatable bonds is 8. The lowest BCUT2D eigenvalue weighted by Crippen LogP contribution is -2.34. The number of nitrogens with one attached hydrogen (secondary N) is 1. The van der Waals surface area contributed by atoms with Crippen molar-refractivity contribution in [1.82, 2.24) is 9.62 Å². The van der Waals surface area contributed by atoms with Gasteiger partial charge in [-0.1, -0.05) is 24.3 Å². The Labute approximate surface area is 142 Å². The summed E-state index contributed by atoms with van der Waals surface area (Å²) >= 11 is 0. The first-order chi connectivity index (χ1) is 11.4. The predicted octanol–water partition coefficient (Wildman–Crippen LogP) is 2.06. The third kappa shape index (κ3) is 5.50. The van der Waals surface area contributed by atoms with E-state index in [-0.39, 0.29) is 25.4 Å². The van der Waals surface area contributed by atoms with Gasteiger partial charge in [-0.2, -0.15) is 4.31 Å². The summed E-state index contributed by atoms with van der Waals surface area (Å²) in [4.78, 5) is 12.0. The van der Waals surface area contributed by atoms with Crippen LogP contribution in [0.15, 0.2) is 47.1 Å². The number of carbonyl (C=O) groups excluding carboxylic acids is 1. The van der Waals surface area contributed by atoms with E-state index in [4.69, 9.17) is 4.42 Å². The molecule has 0 atom stereocenters. The van der Waals surface area contributed by atoms with Gasteiger partial charge in [0.05, 0.1) is 19.1 Å². The van der Waals surface area contributed by atoms with Crippen LogP contribution in [0.5, 0.6) is 0 Å². The molecule has 0 bridgehead atoms. The van der Waals surface area contributed by atoms with E-state index < -0.39 is 10.0 Å². The highest BCUT2D eigenvalue weighted by Gasteiger charge is 2.19. The Bertz CT molecular complexity index is 770. The zero-order valence-electron chi connectivity index (χ0n) is 13.9. The smallest absolute Gasteiger partial charge is 0.221 e. The molecule has 0 saturated carbocycles. The minimum Gasteiger partial charge on any atom is -0.468 e. The van der Waals surface area contributed by atoms with Crippen molar-refractivity contribution in [2.45, 2.75) is 26.4 Å². The third-order valence-electron chi connectivity index (χ3n) is 3.71. The molecule has 1 aromatic carbocycles. The van der Waals surface area contributed by atoms with E-state index in [0.717, 1.165) is 17.4 Å². The number of hydrogen-bond acceptors (Lipinski definition) is 4. The second-order valence-electron chi connectivity index (χ2n) is 5.63. The maximum Gasteiger partial charge on any atom is 0.221 e. The highest BCUT2D eigenvalue weighted by Crippen LogP contribution is 2.10. The second kappa shape index (κ2) is 8.12. The minimum absolute atomic E-state index is 0.0969. The van der Waals surface area contributed by atoms with E-state index in [1.807, 2.05) is 31.2 Å². The van der Waals surface area contributed by atoms with Gasteiger partial charge >= 0.3 is 0 Å². The lowest BCUT2D eigenvalue weighted by molar-refractivity contribution is -0.121. The highest BCUT2D eigenvalue weighted by molar-refractivity contribution is 7.88. The Morgan fingerprint density at radius 2 is 1.96 bits per heavy atom. The predicted molar refractivity (Wildman–Crippen MR) is 91.6 cm³/mol. The molecule has 1 aromatic heterocycles. The molecule has 130 valence electrons. The first kappa shape index (κ1) is 18.2. The lowest BCUT2D eigenvalue weighted by Gasteiger charge is -2.18. The molecule has 0 aliphatic heterocycles. The van der Waals surface area contributed by atoms with Gasteiger partial charge in [0.25, 0.3) is 0 Å². The van der Waals surface area contributed by atoms with Crippen LogP contribution in [0, 0.1) is 6.92 Å². The standard InChI is InChI=1S/C17H22N2O4S/c1-14-6-3-4-7-15(14)12-18-17(20)9-10-19(24(2,21)22)13-16-8-5-11-23-16/h3-8,11H,9-10,12-13H2,1-2H3,(H,18,20). The number of sulfonamides is 1. The van der Waals surface area contributed by atoms with E-state index in [2.05, 4.69) is 5.32 Å². The summed E-state index contributed by atoms with van der Waals surface area (Å²) in [7, 11) is -3.42. The molecule has 1 heterocycles. The average molecular weight is 350 g/mol. The molecule has 2 aromatic rings. The molecule has 0 fully saturated rings. The molecule has 1 N–H and O–H groups in total. The Hall–Kier alpha value is -2.12. The number of nitrogens with zero attached hydrogens (tertiary/aromatic N) is 1. The number of amides is 1. The van der Waals surface area contributed by atoms with Crippen LogP contribution in [-0.4, -0.2) is 31.4 Å². The third-order valence-corrected chi connectivity index (χ3v) is 4.96. The van der Waals surface area contributed by atoms with Crippen molar-refractivity contribution >= 4 is 15.9 Å². The number of furan rings is 1. The van der Waals surface area contributed by atoms with Crippen LogP contribution in [0.4, 0.5) is 0 Å². The van der Waals surface area contributed by atoms with Crippen molar-refractivity contribution < 1.29 is 17.6 Å². The molecule has 0 spiro atoms. The van der Waals surface area contributed by atoms with Gasteiger partial charge in [-0.3, -0.25) is 4.79 Å². The summed E-state index contributed by atoms with van der Waals surface area (Å²) in [5.41, 5.74) is 2.15. The van der Waals surface area contributed by atoms with E-state index in [9.17, 15) is 13.2 Å². The number of aryl methyl sites for hydroxylation is 1. The van der Waals surface area contributed by atoms with Gasteiger partial charge in [0.2, 0.25) is 15.9 Å². The Morgan fingerprint density at radius 1 is 1.21 bits per heavy atom. The molecule has 24 heavy (non-hydrogen) atoms. The van der Waals surface area contributed by atoms with Gasteiger partial charge in [-0.05, 0) is 30.2 Å². The highest BCUT2D eigenvalue weighted by atomic mass is 32.2. The van der Waals surface area contributed by atoms with Crippen molar-refractivity contribution in [2.75, 3.05) is 12.8 Å². The monoisotopic (exact) mass is 350 g/mol. The fourth-order valence-corrected chi connectivity index (χ4v) is 3.04. The quantitative estimate of drug-likeness (QED) is 0.790. The van der Waals surface area contributed by atoms with E-state index in [1.165, 1.54) is 10.6 Å². The first-order valence-corrected chi connectivity index (χ1v) is 9.50. The van der Waals surface area contributed by atoms with E-state index in [0.29, 0.717) is 12.3 Å². The maximum absolute atomic E-state index is 12.0. The Balaban J connectivity index is 1.87. The van der Waals surface area contributed by atoms with Crippen molar-refractivity contribution in [3.63, 3.8) is 0 Å². The van der Waals surface area contributed by atoms with E-state index >= 15 is 0 Å². The zero-order valence-corrected chi connectivity index (χ0v) is 14.7. The van der Waals surface area contributed by atoms with Crippen LogP contribution in [0.2, 0.25) is 0 Å². The van der Waals surface area contributed by atoms with Crippen molar-refractivity contribution in [1.29, 1.82) is 0 Å². The second-order valence-corrected chi connectivity index (χ2v) is 7.61. The van der Waals surface area contributed by atoms with Gasteiger partial charge in [-0.25, -0.2) is 8.42 Å². The molecule has 2 rings (SSSR count). The van der Waals surface area contributed by atoms with E-state index in [1.54, 1.807) is 12.1 Å². The Kier molecular flexibility index (Phi) is 6.16. The van der Waals surface area contributed by atoms with Gasteiger partial charge in [0, 0.05) is 19.5 Å². The topological polar surface area (TPSA) is 79.6 Å². The maximum atomic E-state index is 12.0. The number of benzene rings is 1. The minimum atomic E-state index is -3.42. The van der Waals surface area contributed by atoms with Crippen LogP contribution >= 0.6 is 0 Å². The fourth-order valence-electron chi connectivity index (χ4n) is 2.26. The van der Waals surface area contributed by atoms with Crippen LogP contribution < -0.4 is 5.32 Å². The van der Waals surface area contributed by atoms with Gasteiger partial charge in [-0.15, -0.1) is 0 Å². The van der Waals surface area contributed by atoms with Crippen LogP contribution in [0.3, 0.4) is 0 Å². The molecule has 7 heteroatoms.